The van der Waals surface area contributed by atoms with E-state index in [0.29, 0.717) is 29.2 Å². The highest BCUT2D eigenvalue weighted by Crippen LogP contribution is 2.26. The second kappa shape index (κ2) is 7.44. The molecule has 0 unspecified atom stereocenters. The number of hydrogen-bond acceptors (Lipinski definition) is 5. The number of nitrogens with one attached hydrogen (secondary N) is 1. The molecule has 0 aliphatic carbocycles. The van der Waals surface area contributed by atoms with Crippen LogP contribution in [0.15, 0.2) is 42.5 Å². The molecule has 1 atom stereocenters. The smallest absolute Gasteiger partial charge is 0.261 e. The maximum absolute atomic E-state index is 12.7. The fraction of sp³-hybridized carbons (Fsp3) is 0.286. The van der Waals surface area contributed by atoms with Crippen LogP contribution in [0.5, 0.6) is 5.75 Å². The Kier molecular flexibility index (Phi) is 4.83. The molecule has 1 saturated heterocycles. The predicted molar refractivity (Wildman–Crippen MR) is 102 cm³/mol. The summed E-state index contributed by atoms with van der Waals surface area (Å²) < 4.78 is 10.6. The Morgan fingerprint density at radius 2 is 1.89 bits per heavy atom. The maximum Gasteiger partial charge on any atom is 0.261 e. The van der Waals surface area contributed by atoms with Gasteiger partial charge in [0, 0.05) is 17.9 Å². The van der Waals surface area contributed by atoms with Gasteiger partial charge in [0.05, 0.1) is 30.9 Å². The van der Waals surface area contributed by atoms with Gasteiger partial charge in [0.2, 0.25) is 0 Å². The SMILES string of the molecule is COc1ccc(NC(=O)c2ccc3c(c2)C(=O)N(C[C@@H]2CCCO2)C3=O)cc1. The molecule has 2 aromatic carbocycles. The summed E-state index contributed by atoms with van der Waals surface area (Å²) >= 11 is 0. The van der Waals surface area contributed by atoms with Crippen molar-refractivity contribution in [2.45, 2.75) is 18.9 Å². The summed E-state index contributed by atoms with van der Waals surface area (Å²) in [5.41, 5.74) is 1.50. The average Bonchev–Trinajstić information content (AvgIpc) is 3.31. The average molecular weight is 380 g/mol. The van der Waals surface area contributed by atoms with Gasteiger partial charge in [0.15, 0.2) is 0 Å². The molecule has 28 heavy (non-hydrogen) atoms. The second-order valence-corrected chi connectivity index (χ2v) is 6.80. The normalized spacial score (nSPS) is 18.3. The van der Waals surface area contributed by atoms with Crippen LogP contribution in [0.1, 0.15) is 43.9 Å². The molecule has 144 valence electrons. The molecule has 0 aromatic heterocycles. The first-order chi connectivity index (χ1) is 13.6. The monoisotopic (exact) mass is 380 g/mol. The summed E-state index contributed by atoms with van der Waals surface area (Å²) in [6.07, 6.45) is 1.66. The first-order valence-electron chi connectivity index (χ1n) is 9.14. The van der Waals surface area contributed by atoms with Gasteiger partial charge < -0.3 is 14.8 Å². The van der Waals surface area contributed by atoms with Crippen molar-refractivity contribution in [3.63, 3.8) is 0 Å². The van der Waals surface area contributed by atoms with E-state index < -0.39 is 0 Å². The molecule has 3 amide bonds. The van der Waals surface area contributed by atoms with E-state index in [2.05, 4.69) is 5.32 Å². The minimum Gasteiger partial charge on any atom is -0.497 e. The molecule has 0 spiro atoms. The minimum atomic E-state index is -0.380. The van der Waals surface area contributed by atoms with Crippen molar-refractivity contribution in [3.8, 4) is 5.75 Å². The number of ether oxygens (including phenoxy) is 2. The van der Waals surface area contributed by atoms with E-state index in [1.807, 2.05) is 0 Å². The zero-order valence-electron chi connectivity index (χ0n) is 15.4. The Morgan fingerprint density at radius 3 is 2.57 bits per heavy atom. The van der Waals surface area contributed by atoms with E-state index in [1.165, 1.54) is 17.0 Å². The van der Waals surface area contributed by atoms with Gasteiger partial charge in [-0.2, -0.15) is 0 Å². The summed E-state index contributed by atoms with van der Waals surface area (Å²) in [6, 6.07) is 11.5. The first kappa shape index (κ1) is 18.2. The number of hydrogen-bond donors (Lipinski definition) is 1. The Bertz CT molecular complexity index is 932. The van der Waals surface area contributed by atoms with Crippen molar-refractivity contribution >= 4 is 23.4 Å². The molecule has 1 fully saturated rings. The molecular weight excluding hydrogens is 360 g/mol. The van der Waals surface area contributed by atoms with Crippen LogP contribution in [0.2, 0.25) is 0 Å². The number of rotatable bonds is 5. The summed E-state index contributed by atoms with van der Waals surface area (Å²) in [5, 5.41) is 2.77. The lowest BCUT2D eigenvalue weighted by Gasteiger charge is -2.17. The molecule has 7 nitrogen and oxygen atoms in total. The molecular formula is C21H20N2O5. The third-order valence-electron chi connectivity index (χ3n) is 4.99. The lowest BCUT2D eigenvalue weighted by atomic mass is 10.1. The zero-order valence-corrected chi connectivity index (χ0v) is 15.4. The molecule has 2 heterocycles. The molecule has 2 aromatic rings. The van der Waals surface area contributed by atoms with Crippen LogP contribution in [-0.2, 0) is 4.74 Å². The minimum absolute atomic E-state index is 0.111. The van der Waals surface area contributed by atoms with E-state index in [0.717, 1.165) is 12.8 Å². The topological polar surface area (TPSA) is 84.9 Å². The number of benzene rings is 2. The van der Waals surface area contributed by atoms with Crippen LogP contribution in [-0.4, -0.2) is 49.0 Å². The van der Waals surface area contributed by atoms with Crippen LogP contribution >= 0.6 is 0 Å². The Labute approximate surface area is 162 Å². The second-order valence-electron chi connectivity index (χ2n) is 6.80. The van der Waals surface area contributed by atoms with Crippen LogP contribution in [0, 0.1) is 0 Å². The number of methoxy groups -OCH3 is 1. The fourth-order valence-corrected chi connectivity index (χ4v) is 3.47. The van der Waals surface area contributed by atoms with Crippen molar-refractivity contribution in [1.82, 2.24) is 4.90 Å². The number of fused-ring (bicyclic) bond motifs is 1. The van der Waals surface area contributed by atoms with E-state index in [1.54, 1.807) is 37.4 Å². The number of carbonyl (C=O) groups is 3. The van der Waals surface area contributed by atoms with Crippen LogP contribution in [0.3, 0.4) is 0 Å². The summed E-state index contributed by atoms with van der Waals surface area (Å²) in [5.74, 6) is -0.385. The zero-order chi connectivity index (χ0) is 19.7. The van der Waals surface area contributed by atoms with E-state index in [4.69, 9.17) is 9.47 Å². The quantitative estimate of drug-likeness (QED) is 0.807. The molecule has 2 aliphatic heterocycles. The van der Waals surface area contributed by atoms with Crippen LogP contribution in [0.4, 0.5) is 5.69 Å². The Balaban J connectivity index is 1.51. The number of amides is 3. The van der Waals surface area contributed by atoms with Crippen molar-refractivity contribution in [2.75, 3.05) is 25.6 Å². The van der Waals surface area contributed by atoms with Gasteiger partial charge in [-0.25, -0.2) is 0 Å². The molecule has 7 heteroatoms. The van der Waals surface area contributed by atoms with Crippen LogP contribution < -0.4 is 10.1 Å². The highest BCUT2D eigenvalue weighted by molar-refractivity contribution is 6.22. The predicted octanol–water partition coefficient (Wildman–Crippen LogP) is 2.72. The molecule has 4 rings (SSSR count). The number of carbonyl (C=O) groups excluding carboxylic acids is 3. The Hall–Kier alpha value is -3.19. The third-order valence-corrected chi connectivity index (χ3v) is 4.99. The van der Waals surface area contributed by atoms with E-state index in [9.17, 15) is 14.4 Å². The highest BCUT2D eigenvalue weighted by Gasteiger charge is 2.37. The molecule has 0 bridgehead atoms. The largest absolute Gasteiger partial charge is 0.497 e. The van der Waals surface area contributed by atoms with Gasteiger partial charge in [-0.1, -0.05) is 0 Å². The number of nitrogens with zero attached hydrogens (tertiary/aromatic N) is 1. The standard InChI is InChI=1S/C21H20N2O5/c1-27-15-7-5-14(6-8-15)22-19(24)13-4-9-17-18(11-13)21(26)23(20(17)25)12-16-3-2-10-28-16/h4-9,11,16H,2-3,10,12H2,1H3,(H,22,24)/t16-/m0/s1. The third kappa shape index (κ3) is 3.36. The van der Waals surface area contributed by atoms with E-state index in [-0.39, 0.29) is 35.9 Å². The van der Waals surface area contributed by atoms with Gasteiger partial charge in [-0.05, 0) is 55.3 Å². The molecule has 0 radical (unpaired) electrons. The summed E-state index contributed by atoms with van der Waals surface area (Å²) in [7, 11) is 1.57. The van der Waals surface area contributed by atoms with Gasteiger partial charge in [0.1, 0.15) is 5.75 Å². The van der Waals surface area contributed by atoms with Gasteiger partial charge in [0.25, 0.3) is 17.7 Å². The van der Waals surface area contributed by atoms with Crippen molar-refractivity contribution in [3.05, 3.63) is 59.2 Å². The summed E-state index contributed by atoms with van der Waals surface area (Å²) in [6.45, 7) is 0.906. The van der Waals surface area contributed by atoms with Crippen LogP contribution in [0.25, 0.3) is 0 Å². The highest BCUT2D eigenvalue weighted by atomic mass is 16.5. The Morgan fingerprint density at radius 1 is 1.14 bits per heavy atom. The lowest BCUT2D eigenvalue weighted by molar-refractivity contribution is 0.0475. The summed E-state index contributed by atoms with van der Waals surface area (Å²) in [4.78, 5) is 39.0. The first-order valence-corrected chi connectivity index (χ1v) is 9.14. The van der Waals surface area contributed by atoms with Gasteiger partial charge >= 0.3 is 0 Å². The fourth-order valence-electron chi connectivity index (χ4n) is 3.47. The number of imide groups is 1. The molecule has 1 N–H and O–H groups in total. The van der Waals surface area contributed by atoms with E-state index >= 15 is 0 Å². The van der Waals surface area contributed by atoms with Crippen molar-refractivity contribution < 1.29 is 23.9 Å². The lowest BCUT2D eigenvalue weighted by Crippen LogP contribution is -2.36. The molecule has 2 aliphatic rings. The number of anilines is 1. The van der Waals surface area contributed by atoms with Crippen molar-refractivity contribution in [2.24, 2.45) is 0 Å². The van der Waals surface area contributed by atoms with Crippen molar-refractivity contribution in [1.29, 1.82) is 0 Å². The van der Waals surface area contributed by atoms with Gasteiger partial charge in [-0.15, -0.1) is 0 Å². The maximum atomic E-state index is 12.7. The molecule has 0 saturated carbocycles. The van der Waals surface area contributed by atoms with Gasteiger partial charge in [-0.3, -0.25) is 19.3 Å².